The Balaban J connectivity index is 1.27. The lowest BCUT2D eigenvalue weighted by Gasteiger charge is -2.35. The third kappa shape index (κ3) is 3.11. The van der Waals surface area contributed by atoms with E-state index in [0.717, 1.165) is 23.9 Å². The van der Waals surface area contributed by atoms with Crippen LogP contribution in [0.1, 0.15) is 42.1 Å². The summed E-state index contributed by atoms with van der Waals surface area (Å²) in [5.74, 6) is -0.0545. The van der Waals surface area contributed by atoms with E-state index in [-0.39, 0.29) is 5.91 Å². The lowest BCUT2D eigenvalue weighted by molar-refractivity contribution is 0.0694. The molecular formula is C19H25N5O3S. The minimum Gasteiger partial charge on any atom is -0.336 e. The third-order valence-corrected chi connectivity index (χ3v) is 8.04. The molecule has 1 saturated carbocycles. The van der Waals surface area contributed by atoms with Crippen molar-refractivity contribution in [3.8, 4) is 0 Å². The van der Waals surface area contributed by atoms with Gasteiger partial charge in [-0.1, -0.05) is 0 Å². The molecule has 5 rings (SSSR count). The molecule has 0 radical (unpaired) electrons. The van der Waals surface area contributed by atoms with Crippen LogP contribution >= 0.6 is 0 Å². The molecule has 3 fully saturated rings. The van der Waals surface area contributed by atoms with Crippen LogP contribution in [0.3, 0.4) is 0 Å². The van der Waals surface area contributed by atoms with Gasteiger partial charge in [-0.25, -0.2) is 4.98 Å². The van der Waals surface area contributed by atoms with Gasteiger partial charge in [0.2, 0.25) is 0 Å². The highest BCUT2D eigenvalue weighted by atomic mass is 32.2. The van der Waals surface area contributed by atoms with Gasteiger partial charge in [0.25, 0.3) is 16.1 Å². The van der Waals surface area contributed by atoms with Gasteiger partial charge in [-0.2, -0.15) is 17.0 Å². The highest BCUT2D eigenvalue weighted by Crippen LogP contribution is 2.37. The summed E-state index contributed by atoms with van der Waals surface area (Å²) in [4.78, 5) is 19.1. The smallest absolute Gasteiger partial charge is 0.282 e. The quantitative estimate of drug-likeness (QED) is 0.774. The van der Waals surface area contributed by atoms with Gasteiger partial charge in [-0.05, 0) is 43.9 Å². The third-order valence-electron chi connectivity index (χ3n) is 6.01. The monoisotopic (exact) mass is 403 g/mol. The zero-order valence-corrected chi connectivity index (χ0v) is 16.6. The molecule has 2 saturated heterocycles. The topological polar surface area (TPSA) is 78.8 Å². The molecule has 3 heterocycles. The second kappa shape index (κ2) is 6.82. The van der Waals surface area contributed by atoms with Gasteiger partial charge >= 0.3 is 0 Å². The standard InChI is InChI=1S/C19H25N5O3S/c25-19(15-3-6-18-17(13-15)20-14-24(18)16-4-5-16)21-9-11-23(12-10-21)28(26,27)22-7-1-2-8-22/h3,6,13-14,16H,1-2,4-5,7-12H2. The highest BCUT2D eigenvalue weighted by molar-refractivity contribution is 7.86. The summed E-state index contributed by atoms with van der Waals surface area (Å²) in [6, 6.07) is 6.24. The Hall–Kier alpha value is -1.97. The number of hydrogen-bond acceptors (Lipinski definition) is 4. The van der Waals surface area contributed by atoms with Crippen LogP contribution in [0.2, 0.25) is 0 Å². The molecule has 0 spiro atoms. The minimum absolute atomic E-state index is 0.0545. The lowest BCUT2D eigenvalue weighted by atomic mass is 10.1. The van der Waals surface area contributed by atoms with Crippen LogP contribution in [-0.4, -0.2) is 76.7 Å². The fourth-order valence-electron chi connectivity index (χ4n) is 4.20. The predicted octanol–water partition coefficient (Wildman–Crippen LogP) is 1.47. The van der Waals surface area contributed by atoms with Crippen molar-refractivity contribution in [1.82, 2.24) is 23.1 Å². The number of fused-ring (bicyclic) bond motifs is 1. The summed E-state index contributed by atoms with van der Waals surface area (Å²) in [6.45, 7) is 2.75. The fourth-order valence-corrected chi connectivity index (χ4v) is 5.87. The van der Waals surface area contributed by atoms with Gasteiger partial charge in [0.1, 0.15) is 0 Å². The van der Waals surface area contributed by atoms with Crippen LogP contribution in [0.4, 0.5) is 0 Å². The highest BCUT2D eigenvalue weighted by Gasteiger charge is 2.35. The first-order chi connectivity index (χ1) is 13.5. The molecule has 3 aliphatic rings. The number of benzene rings is 1. The Morgan fingerprint density at radius 1 is 0.964 bits per heavy atom. The maximum absolute atomic E-state index is 12.9. The molecule has 0 N–H and O–H groups in total. The number of rotatable bonds is 4. The number of carbonyl (C=O) groups is 1. The zero-order valence-electron chi connectivity index (χ0n) is 15.8. The van der Waals surface area contributed by atoms with Gasteiger partial charge in [0.05, 0.1) is 17.4 Å². The maximum Gasteiger partial charge on any atom is 0.282 e. The predicted molar refractivity (Wildman–Crippen MR) is 105 cm³/mol. The second-order valence-electron chi connectivity index (χ2n) is 7.89. The van der Waals surface area contributed by atoms with Crippen LogP contribution in [0.15, 0.2) is 24.5 Å². The van der Waals surface area contributed by atoms with E-state index < -0.39 is 10.2 Å². The number of aromatic nitrogens is 2. The van der Waals surface area contributed by atoms with E-state index in [1.807, 2.05) is 24.5 Å². The van der Waals surface area contributed by atoms with Crippen LogP contribution in [-0.2, 0) is 10.2 Å². The number of hydrogen-bond donors (Lipinski definition) is 0. The molecule has 0 atom stereocenters. The van der Waals surface area contributed by atoms with E-state index in [2.05, 4.69) is 9.55 Å². The van der Waals surface area contributed by atoms with Crippen molar-refractivity contribution in [1.29, 1.82) is 0 Å². The second-order valence-corrected chi connectivity index (χ2v) is 9.82. The molecule has 1 aliphatic carbocycles. The van der Waals surface area contributed by atoms with Gasteiger partial charge in [0.15, 0.2) is 0 Å². The van der Waals surface area contributed by atoms with Crippen molar-refractivity contribution in [2.45, 2.75) is 31.7 Å². The van der Waals surface area contributed by atoms with Gasteiger partial charge in [0, 0.05) is 50.9 Å². The Kier molecular flexibility index (Phi) is 4.41. The number of imidazole rings is 1. The van der Waals surface area contributed by atoms with E-state index >= 15 is 0 Å². The summed E-state index contributed by atoms with van der Waals surface area (Å²) in [6.07, 6.45) is 6.10. The average Bonchev–Trinajstić information content (AvgIpc) is 3.23. The van der Waals surface area contributed by atoms with E-state index in [4.69, 9.17) is 0 Å². The van der Waals surface area contributed by atoms with Crippen molar-refractivity contribution in [3.05, 3.63) is 30.1 Å². The first-order valence-corrected chi connectivity index (χ1v) is 11.4. The number of piperazine rings is 1. The molecule has 150 valence electrons. The molecule has 1 aromatic heterocycles. The number of carbonyl (C=O) groups excluding carboxylic acids is 1. The fraction of sp³-hybridized carbons (Fsp3) is 0.579. The molecule has 1 aromatic carbocycles. The van der Waals surface area contributed by atoms with Crippen LogP contribution < -0.4 is 0 Å². The first kappa shape index (κ1) is 18.1. The minimum atomic E-state index is -3.39. The summed E-state index contributed by atoms with van der Waals surface area (Å²) in [7, 11) is -3.39. The summed E-state index contributed by atoms with van der Waals surface area (Å²) < 4.78 is 30.6. The molecule has 1 amide bonds. The molecule has 2 aliphatic heterocycles. The molecular weight excluding hydrogens is 378 g/mol. The van der Waals surface area contributed by atoms with Crippen molar-refractivity contribution in [2.24, 2.45) is 0 Å². The SMILES string of the molecule is O=C(c1ccc2c(c1)ncn2C1CC1)N1CCN(S(=O)(=O)N2CCCC2)CC1. The van der Waals surface area contributed by atoms with Crippen LogP contribution in [0.25, 0.3) is 11.0 Å². The number of nitrogens with zero attached hydrogens (tertiary/aromatic N) is 5. The summed E-state index contributed by atoms with van der Waals surface area (Å²) in [5.41, 5.74) is 2.53. The Labute approximate surface area is 164 Å². The number of amides is 1. The first-order valence-electron chi connectivity index (χ1n) is 10.0. The van der Waals surface area contributed by atoms with Crippen molar-refractivity contribution < 1.29 is 13.2 Å². The maximum atomic E-state index is 12.9. The van der Waals surface area contributed by atoms with Gasteiger partial charge in [-0.3, -0.25) is 4.79 Å². The van der Waals surface area contributed by atoms with Crippen LogP contribution in [0.5, 0.6) is 0 Å². The Bertz CT molecular complexity index is 1000. The molecule has 0 bridgehead atoms. The van der Waals surface area contributed by atoms with E-state index in [1.54, 1.807) is 9.21 Å². The molecule has 9 heteroatoms. The molecule has 8 nitrogen and oxygen atoms in total. The van der Waals surface area contributed by atoms with E-state index in [9.17, 15) is 13.2 Å². The zero-order chi connectivity index (χ0) is 19.3. The van der Waals surface area contributed by atoms with Gasteiger partial charge < -0.3 is 9.47 Å². The lowest BCUT2D eigenvalue weighted by Crippen LogP contribution is -2.53. The largest absolute Gasteiger partial charge is 0.336 e. The van der Waals surface area contributed by atoms with E-state index in [1.165, 1.54) is 17.1 Å². The molecule has 28 heavy (non-hydrogen) atoms. The summed E-state index contributed by atoms with van der Waals surface area (Å²) >= 11 is 0. The van der Waals surface area contributed by atoms with Crippen LogP contribution in [0, 0.1) is 0 Å². The summed E-state index contributed by atoms with van der Waals surface area (Å²) in [5, 5.41) is 0. The molecule has 2 aromatic rings. The Morgan fingerprint density at radius 3 is 2.32 bits per heavy atom. The van der Waals surface area contributed by atoms with Gasteiger partial charge in [-0.15, -0.1) is 0 Å². The van der Waals surface area contributed by atoms with Crippen molar-refractivity contribution >= 4 is 27.1 Å². The van der Waals surface area contributed by atoms with Crippen molar-refractivity contribution in [3.63, 3.8) is 0 Å². The normalized spacial score (nSPS) is 22.2. The van der Waals surface area contributed by atoms with Crippen molar-refractivity contribution in [2.75, 3.05) is 39.3 Å². The molecule has 0 unspecified atom stereocenters. The Morgan fingerprint density at radius 2 is 1.64 bits per heavy atom. The van der Waals surface area contributed by atoms with E-state index in [0.29, 0.717) is 50.9 Å². The average molecular weight is 404 g/mol.